The minimum Gasteiger partial charge on any atom is -0.337 e. The van der Waals surface area contributed by atoms with Gasteiger partial charge in [-0.15, -0.1) is 0 Å². The first kappa shape index (κ1) is 13.0. The minimum atomic E-state index is 0.959. The molecular formula is C17H19N5. The second-order valence-electron chi connectivity index (χ2n) is 5.66. The molecule has 1 N–H and O–H groups in total. The molecule has 0 unspecified atom stereocenters. The highest BCUT2D eigenvalue weighted by molar-refractivity contribution is 5.55. The second kappa shape index (κ2) is 5.26. The van der Waals surface area contributed by atoms with Crippen LogP contribution in [0.25, 0.3) is 17.4 Å². The first-order valence-electron chi connectivity index (χ1n) is 7.59. The van der Waals surface area contributed by atoms with E-state index in [2.05, 4.69) is 68.0 Å². The topological polar surface area (TPSA) is 37.5 Å². The first-order valence-corrected chi connectivity index (χ1v) is 7.59. The molecule has 3 aromatic heterocycles. The van der Waals surface area contributed by atoms with E-state index < -0.39 is 0 Å². The van der Waals surface area contributed by atoms with E-state index in [-0.39, 0.29) is 0 Å². The molecule has 0 amide bonds. The van der Waals surface area contributed by atoms with Crippen molar-refractivity contribution < 1.29 is 0 Å². The van der Waals surface area contributed by atoms with Crippen LogP contribution in [0.3, 0.4) is 0 Å². The van der Waals surface area contributed by atoms with Gasteiger partial charge in [0.15, 0.2) is 0 Å². The lowest BCUT2D eigenvalue weighted by Crippen LogP contribution is -2.45. The predicted octanol–water partition coefficient (Wildman–Crippen LogP) is 0.912. The highest BCUT2D eigenvalue weighted by atomic mass is 15.5. The standard InChI is InChI=1S/C17H19N5/c1-14-17-15(11-16-5-2-3-9-22(16)17)12-21(19-14)8-4-7-20-10-6-18-13-20/h2-3,5-6,9-13,19H,4,7-8H2,1H3. The summed E-state index contributed by atoms with van der Waals surface area (Å²) in [5.74, 6) is 0. The van der Waals surface area contributed by atoms with Gasteiger partial charge < -0.3 is 14.4 Å². The summed E-state index contributed by atoms with van der Waals surface area (Å²) in [5, 5.41) is 4.69. The van der Waals surface area contributed by atoms with Crippen LogP contribution in [0.4, 0.5) is 0 Å². The maximum absolute atomic E-state index is 4.07. The average molecular weight is 293 g/mol. The third-order valence-corrected chi connectivity index (χ3v) is 4.05. The Bertz CT molecular complexity index is 904. The van der Waals surface area contributed by atoms with Crippen molar-refractivity contribution in [2.75, 3.05) is 6.54 Å². The third-order valence-electron chi connectivity index (χ3n) is 4.05. The zero-order valence-corrected chi connectivity index (χ0v) is 12.6. The Morgan fingerprint density at radius 2 is 2.14 bits per heavy atom. The van der Waals surface area contributed by atoms with Gasteiger partial charge in [0.1, 0.15) is 0 Å². The van der Waals surface area contributed by atoms with Crippen LogP contribution in [0, 0.1) is 0 Å². The molecule has 0 spiro atoms. The van der Waals surface area contributed by atoms with Gasteiger partial charge in [-0.05, 0) is 31.5 Å². The second-order valence-corrected chi connectivity index (χ2v) is 5.66. The van der Waals surface area contributed by atoms with E-state index in [9.17, 15) is 0 Å². The highest BCUT2D eigenvalue weighted by Gasteiger charge is 2.10. The van der Waals surface area contributed by atoms with Gasteiger partial charge in [0, 0.05) is 48.6 Å². The van der Waals surface area contributed by atoms with E-state index in [4.69, 9.17) is 0 Å². The van der Waals surface area contributed by atoms with Gasteiger partial charge in [0.05, 0.1) is 17.4 Å². The molecule has 0 aromatic carbocycles. The molecule has 5 heteroatoms. The zero-order valence-electron chi connectivity index (χ0n) is 12.6. The fourth-order valence-corrected chi connectivity index (χ4v) is 3.07. The predicted molar refractivity (Wildman–Crippen MR) is 86.9 cm³/mol. The molecule has 0 radical (unpaired) electrons. The fourth-order valence-electron chi connectivity index (χ4n) is 3.07. The third kappa shape index (κ3) is 2.24. The summed E-state index contributed by atoms with van der Waals surface area (Å²) in [4.78, 5) is 4.07. The van der Waals surface area contributed by atoms with E-state index in [1.54, 1.807) is 0 Å². The smallest absolute Gasteiger partial charge is 0.0945 e. The number of rotatable bonds is 4. The van der Waals surface area contributed by atoms with Crippen molar-refractivity contribution in [2.45, 2.75) is 19.9 Å². The molecule has 4 heterocycles. The highest BCUT2D eigenvalue weighted by Crippen LogP contribution is 2.02. The van der Waals surface area contributed by atoms with Gasteiger partial charge in [-0.25, -0.2) is 4.98 Å². The molecule has 5 nitrogen and oxygen atoms in total. The molecular weight excluding hydrogens is 274 g/mol. The van der Waals surface area contributed by atoms with Crippen LogP contribution in [0.15, 0.2) is 49.2 Å². The number of aryl methyl sites for hydroxylation is 1. The van der Waals surface area contributed by atoms with E-state index in [1.807, 2.05) is 18.7 Å². The molecule has 112 valence electrons. The number of nitrogens with one attached hydrogen (secondary N) is 1. The molecule has 3 aromatic rings. The Labute approximate surface area is 128 Å². The number of aromatic nitrogens is 3. The van der Waals surface area contributed by atoms with Crippen LogP contribution < -0.4 is 16.0 Å². The van der Waals surface area contributed by atoms with Crippen LogP contribution in [0.5, 0.6) is 0 Å². The molecule has 0 bridgehead atoms. The number of nitrogens with zero attached hydrogens (tertiary/aromatic N) is 4. The minimum absolute atomic E-state index is 0.959. The lowest BCUT2D eigenvalue weighted by Gasteiger charge is -2.25. The maximum Gasteiger partial charge on any atom is 0.0945 e. The summed E-state index contributed by atoms with van der Waals surface area (Å²) in [6.07, 6.45) is 11.1. The van der Waals surface area contributed by atoms with Crippen molar-refractivity contribution in [1.29, 1.82) is 0 Å². The van der Waals surface area contributed by atoms with Crippen LogP contribution >= 0.6 is 0 Å². The molecule has 1 aliphatic heterocycles. The summed E-state index contributed by atoms with van der Waals surface area (Å²) in [5.41, 5.74) is 5.89. The summed E-state index contributed by atoms with van der Waals surface area (Å²) in [7, 11) is 0. The van der Waals surface area contributed by atoms with Gasteiger partial charge >= 0.3 is 0 Å². The van der Waals surface area contributed by atoms with Crippen molar-refractivity contribution in [1.82, 2.24) is 24.4 Å². The quantitative estimate of drug-likeness (QED) is 0.777. The number of imidazole rings is 1. The molecule has 0 saturated carbocycles. The van der Waals surface area contributed by atoms with Crippen LogP contribution in [0.2, 0.25) is 0 Å². The normalized spacial score (nSPS) is 13.9. The van der Waals surface area contributed by atoms with Crippen molar-refractivity contribution >= 4 is 17.4 Å². The van der Waals surface area contributed by atoms with Crippen LogP contribution in [-0.4, -0.2) is 25.5 Å². The fraction of sp³-hybridized carbons (Fsp3) is 0.235. The Morgan fingerprint density at radius 3 is 3.00 bits per heavy atom. The van der Waals surface area contributed by atoms with E-state index in [0.717, 1.165) is 19.5 Å². The zero-order chi connectivity index (χ0) is 14.9. The number of hydrogen-bond acceptors (Lipinski definition) is 3. The number of pyridine rings is 1. The van der Waals surface area contributed by atoms with Gasteiger partial charge in [0.2, 0.25) is 0 Å². The van der Waals surface area contributed by atoms with Crippen molar-refractivity contribution in [3.8, 4) is 0 Å². The lowest BCUT2D eigenvalue weighted by atomic mass is 10.3. The molecule has 4 rings (SSSR count). The van der Waals surface area contributed by atoms with E-state index in [1.165, 1.54) is 21.8 Å². The van der Waals surface area contributed by atoms with Gasteiger partial charge in [-0.3, -0.25) is 5.01 Å². The number of fused-ring (bicyclic) bond motifs is 3. The van der Waals surface area contributed by atoms with Crippen molar-refractivity contribution in [3.63, 3.8) is 0 Å². The maximum atomic E-state index is 4.07. The SMILES string of the molecule is CC1=c2c(cc3ccccn23)=CN(CCCn2ccnc2)N1. The molecule has 0 atom stereocenters. The number of hydrazine groups is 1. The summed E-state index contributed by atoms with van der Waals surface area (Å²) in [6.45, 7) is 4.07. The molecule has 0 aliphatic carbocycles. The first-order chi connectivity index (χ1) is 10.8. The largest absolute Gasteiger partial charge is 0.337 e. The molecule has 0 fully saturated rings. The Balaban J connectivity index is 1.58. The van der Waals surface area contributed by atoms with Crippen LogP contribution in [-0.2, 0) is 6.54 Å². The lowest BCUT2D eigenvalue weighted by molar-refractivity contribution is 0.337. The average Bonchev–Trinajstić information content (AvgIpc) is 3.14. The Hall–Kier alpha value is -2.69. The number of hydrogen-bond donors (Lipinski definition) is 1. The van der Waals surface area contributed by atoms with Gasteiger partial charge in [0.25, 0.3) is 0 Å². The van der Waals surface area contributed by atoms with Gasteiger partial charge in [-0.1, -0.05) is 6.07 Å². The molecule has 1 aliphatic rings. The summed E-state index contributed by atoms with van der Waals surface area (Å²) in [6, 6.07) is 8.52. The Kier molecular flexibility index (Phi) is 3.11. The monoisotopic (exact) mass is 293 g/mol. The summed E-state index contributed by atoms with van der Waals surface area (Å²) < 4.78 is 4.34. The van der Waals surface area contributed by atoms with Crippen molar-refractivity contribution in [3.05, 3.63) is 59.8 Å². The molecule has 0 saturated heterocycles. The Morgan fingerprint density at radius 1 is 1.18 bits per heavy atom. The van der Waals surface area contributed by atoms with Crippen LogP contribution in [0.1, 0.15) is 13.3 Å². The molecule has 22 heavy (non-hydrogen) atoms. The van der Waals surface area contributed by atoms with E-state index >= 15 is 0 Å². The van der Waals surface area contributed by atoms with Crippen molar-refractivity contribution in [2.24, 2.45) is 0 Å². The van der Waals surface area contributed by atoms with Gasteiger partial charge in [-0.2, -0.15) is 0 Å². The van der Waals surface area contributed by atoms with E-state index in [0.29, 0.717) is 0 Å². The summed E-state index contributed by atoms with van der Waals surface area (Å²) >= 11 is 0.